The SMILES string of the molecule is O=C(Nc1cncc(-c2cc3c(cn2)NNC=C3c2cc3c([nH]2)C2NC2=CC=C3c2ccc(F)cc2)c1)C1CCC1. The number of carbonyl (C=O) groups excluding carboxylic acids is 1. The predicted octanol–water partition coefficient (Wildman–Crippen LogP) is 5.64. The number of aromatic nitrogens is 3. The Kier molecular flexibility index (Phi) is 5.31. The Hall–Kier alpha value is -5.18. The molecule has 2 fully saturated rings. The van der Waals surface area contributed by atoms with Gasteiger partial charge in [0.15, 0.2) is 0 Å². The second kappa shape index (κ2) is 9.19. The van der Waals surface area contributed by atoms with Crippen LogP contribution in [0.5, 0.6) is 0 Å². The lowest BCUT2D eigenvalue weighted by Crippen LogP contribution is -2.28. The Morgan fingerprint density at radius 1 is 0.951 bits per heavy atom. The Balaban J connectivity index is 1.14. The molecule has 5 heterocycles. The quantitative estimate of drug-likeness (QED) is 0.208. The van der Waals surface area contributed by atoms with E-state index in [1.807, 2.05) is 30.5 Å². The van der Waals surface area contributed by atoms with Crippen molar-refractivity contribution in [3.63, 3.8) is 0 Å². The minimum absolute atomic E-state index is 0.0535. The van der Waals surface area contributed by atoms with Crippen molar-refractivity contribution in [2.75, 3.05) is 10.7 Å². The highest BCUT2D eigenvalue weighted by atomic mass is 19.1. The normalized spacial score (nSPS) is 18.4. The van der Waals surface area contributed by atoms with Crippen LogP contribution in [0.25, 0.3) is 22.4 Å². The molecular weight excluding hydrogens is 517 g/mol. The Labute approximate surface area is 235 Å². The summed E-state index contributed by atoms with van der Waals surface area (Å²) < 4.78 is 13.7. The summed E-state index contributed by atoms with van der Waals surface area (Å²) in [4.78, 5) is 25.2. The largest absolute Gasteiger partial charge is 0.373 e. The fraction of sp³-hybridized carbons (Fsp3) is 0.156. The van der Waals surface area contributed by atoms with Crippen molar-refractivity contribution in [1.29, 1.82) is 0 Å². The van der Waals surface area contributed by atoms with Gasteiger partial charge in [-0.3, -0.25) is 20.2 Å². The molecule has 1 amide bonds. The standard InChI is InChI=1S/C32H26FN7O/c33-20-6-4-17(5-7-20)22-8-9-26-31(38-26)30-24(22)12-28(39-30)25-15-36-40-29-16-35-27(11-23(25)29)19-10-21(14-34-13-19)37-32(41)18-2-1-3-18/h4-16,18,31,36,38-40H,1-3H2,(H,37,41). The maximum absolute atomic E-state index is 13.7. The number of benzene rings is 1. The zero-order valence-electron chi connectivity index (χ0n) is 22.0. The van der Waals surface area contributed by atoms with Crippen LogP contribution < -0.4 is 21.5 Å². The van der Waals surface area contributed by atoms with E-state index in [0.29, 0.717) is 5.69 Å². The Bertz CT molecular complexity index is 1810. The van der Waals surface area contributed by atoms with E-state index in [-0.39, 0.29) is 23.7 Å². The molecule has 0 spiro atoms. The number of carbonyl (C=O) groups is 1. The van der Waals surface area contributed by atoms with Crippen LogP contribution in [0.4, 0.5) is 15.8 Å². The van der Waals surface area contributed by atoms with E-state index in [9.17, 15) is 9.18 Å². The number of H-pyrrole nitrogens is 1. The minimum Gasteiger partial charge on any atom is -0.373 e. The van der Waals surface area contributed by atoms with Gasteiger partial charge in [-0.05, 0) is 60.4 Å². The molecule has 1 saturated heterocycles. The van der Waals surface area contributed by atoms with Crippen LogP contribution in [0.1, 0.15) is 53.4 Å². The fourth-order valence-corrected chi connectivity index (χ4v) is 5.69. The zero-order valence-corrected chi connectivity index (χ0v) is 22.0. The average molecular weight is 544 g/mol. The molecule has 0 radical (unpaired) electrons. The first-order valence-corrected chi connectivity index (χ1v) is 13.8. The van der Waals surface area contributed by atoms with E-state index < -0.39 is 0 Å². The molecule has 41 heavy (non-hydrogen) atoms. The van der Waals surface area contributed by atoms with Crippen molar-refractivity contribution in [2.45, 2.75) is 25.3 Å². The first-order chi connectivity index (χ1) is 20.1. The van der Waals surface area contributed by atoms with Gasteiger partial charge in [-0.2, -0.15) is 0 Å². The van der Waals surface area contributed by atoms with Gasteiger partial charge >= 0.3 is 0 Å². The summed E-state index contributed by atoms with van der Waals surface area (Å²) >= 11 is 0. The molecule has 1 aromatic carbocycles. The van der Waals surface area contributed by atoms with E-state index in [0.717, 1.165) is 81.1 Å². The van der Waals surface area contributed by atoms with Crippen LogP contribution in [-0.2, 0) is 4.79 Å². The summed E-state index contributed by atoms with van der Waals surface area (Å²) in [6, 6.07) is 12.8. The summed E-state index contributed by atoms with van der Waals surface area (Å²) in [5.41, 5.74) is 17.6. The number of amides is 1. The average Bonchev–Trinajstić information content (AvgIpc) is 3.63. The third-order valence-corrected chi connectivity index (χ3v) is 8.24. The Morgan fingerprint density at radius 2 is 1.83 bits per heavy atom. The molecule has 1 atom stereocenters. The summed E-state index contributed by atoms with van der Waals surface area (Å²) in [6.07, 6.45) is 14.3. The van der Waals surface area contributed by atoms with Crippen molar-refractivity contribution in [1.82, 2.24) is 25.7 Å². The monoisotopic (exact) mass is 543 g/mol. The Morgan fingerprint density at radius 3 is 2.66 bits per heavy atom. The molecule has 2 aliphatic heterocycles. The van der Waals surface area contributed by atoms with Crippen LogP contribution >= 0.6 is 0 Å². The van der Waals surface area contributed by atoms with Crippen LogP contribution in [0.15, 0.2) is 85.1 Å². The number of fused-ring (bicyclic) bond motifs is 4. The van der Waals surface area contributed by atoms with Crippen molar-refractivity contribution < 1.29 is 9.18 Å². The number of halogens is 1. The molecule has 0 bridgehead atoms. The number of hydrazine groups is 1. The maximum atomic E-state index is 13.7. The van der Waals surface area contributed by atoms with Crippen molar-refractivity contribution in [3.8, 4) is 11.3 Å². The highest BCUT2D eigenvalue weighted by Gasteiger charge is 2.36. The van der Waals surface area contributed by atoms with Gasteiger partial charge < -0.3 is 21.0 Å². The number of nitrogens with one attached hydrogen (secondary N) is 5. The third kappa shape index (κ3) is 4.17. The molecule has 202 valence electrons. The maximum Gasteiger partial charge on any atom is 0.227 e. The summed E-state index contributed by atoms with van der Waals surface area (Å²) in [5, 5.41) is 6.45. The molecule has 8 nitrogen and oxygen atoms in total. The fourth-order valence-electron chi connectivity index (χ4n) is 5.69. The van der Waals surface area contributed by atoms with Gasteiger partial charge in [0.2, 0.25) is 5.91 Å². The second-order valence-corrected chi connectivity index (χ2v) is 10.8. The van der Waals surface area contributed by atoms with E-state index in [2.05, 4.69) is 54.7 Å². The smallest absolute Gasteiger partial charge is 0.227 e. The number of anilines is 2. The number of hydrogen-bond acceptors (Lipinski definition) is 6. The van der Waals surface area contributed by atoms with Crippen LogP contribution in [0.2, 0.25) is 0 Å². The van der Waals surface area contributed by atoms with Gasteiger partial charge in [0, 0.05) is 52.0 Å². The van der Waals surface area contributed by atoms with Gasteiger partial charge in [-0.1, -0.05) is 24.6 Å². The van der Waals surface area contributed by atoms with E-state index in [1.165, 1.54) is 12.1 Å². The van der Waals surface area contributed by atoms with Gasteiger partial charge in [0.25, 0.3) is 0 Å². The highest BCUT2D eigenvalue weighted by molar-refractivity contribution is 5.94. The topological polar surface area (TPSA) is 117 Å². The number of allylic oxidation sites excluding steroid dienone is 2. The molecule has 8 rings (SSSR count). The molecular formula is C32H26FN7O. The summed E-state index contributed by atoms with van der Waals surface area (Å²) in [5.74, 6) is -0.106. The molecule has 5 N–H and O–H groups in total. The lowest BCUT2D eigenvalue weighted by molar-refractivity contribution is -0.122. The number of aromatic amines is 1. The van der Waals surface area contributed by atoms with Gasteiger partial charge in [0.1, 0.15) is 11.9 Å². The molecule has 1 saturated carbocycles. The summed E-state index contributed by atoms with van der Waals surface area (Å²) in [6.45, 7) is 0. The van der Waals surface area contributed by atoms with Crippen LogP contribution in [0.3, 0.4) is 0 Å². The minimum atomic E-state index is -0.255. The number of nitrogens with zero attached hydrogens (tertiary/aromatic N) is 2. The molecule has 9 heteroatoms. The van der Waals surface area contributed by atoms with Crippen molar-refractivity contribution >= 4 is 28.4 Å². The number of rotatable bonds is 5. The van der Waals surface area contributed by atoms with E-state index >= 15 is 0 Å². The lowest BCUT2D eigenvalue weighted by Gasteiger charge is -2.24. The lowest BCUT2D eigenvalue weighted by atomic mass is 9.85. The first-order valence-electron chi connectivity index (χ1n) is 13.8. The van der Waals surface area contributed by atoms with Crippen molar-refractivity contribution in [2.24, 2.45) is 5.92 Å². The molecule has 1 unspecified atom stereocenters. The molecule has 2 aliphatic carbocycles. The molecule has 4 aliphatic rings. The van der Waals surface area contributed by atoms with Gasteiger partial charge in [0.05, 0.1) is 35.2 Å². The van der Waals surface area contributed by atoms with Crippen molar-refractivity contribution in [3.05, 3.63) is 119 Å². The van der Waals surface area contributed by atoms with Crippen LogP contribution in [-0.4, -0.2) is 20.9 Å². The van der Waals surface area contributed by atoms with E-state index in [1.54, 1.807) is 18.6 Å². The number of hydrogen-bond donors (Lipinski definition) is 5. The third-order valence-electron chi connectivity index (χ3n) is 8.24. The van der Waals surface area contributed by atoms with E-state index in [4.69, 9.17) is 0 Å². The summed E-state index contributed by atoms with van der Waals surface area (Å²) in [7, 11) is 0. The van der Waals surface area contributed by atoms with Gasteiger partial charge in [-0.15, -0.1) is 0 Å². The van der Waals surface area contributed by atoms with Crippen LogP contribution in [0, 0.1) is 11.7 Å². The first kappa shape index (κ1) is 23.7. The zero-order chi connectivity index (χ0) is 27.5. The predicted molar refractivity (Wildman–Crippen MR) is 156 cm³/mol. The highest BCUT2D eigenvalue weighted by Crippen LogP contribution is 2.44. The molecule has 4 aromatic rings. The molecule has 3 aromatic heterocycles. The van der Waals surface area contributed by atoms with Gasteiger partial charge in [-0.25, -0.2) is 4.39 Å². The number of pyridine rings is 2. The second-order valence-electron chi connectivity index (χ2n) is 10.8.